The van der Waals surface area contributed by atoms with Gasteiger partial charge in [0, 0.05) is 20.4 Å². The summed E-state index contributed by atoms with van der Waals surface area (Å²) < 4.78 is 8.85. The largest absolute Gasteiger partial charge is 0.383 e. The summed E-state index contributed by atoms with van der Waals surface area (Å²) in [6.45, 7) is 4.14. The van der Waals surface area contributed by atoms with Gasteiger partial charge in [-0.15, -0.1) is 0 Å². The number of aryl methyl sites for hydroxylation is 1. The van der Waals surface area contributed by atoms with Crippen molar-refractivity contribution < 1.29 is 4.74 Å². The van der Waals surface area contributed by atoms with Crippen molar-refractivity contribution in [3.63, 3.8) is 0 Å². The van der Waals surface area contributed by atoms with Crippen LogP contribution in [0.4, 0.5) is 0 Å². The standard InChI is InChI=1S/C13H20ClN5O/c1-4-15-12(11-5-6-16-18(11)2)13-10(14)9-17-19(13)7-8-20-3/h5-6,9,12,15H,4,7-8H2,1-3H3. The zero-order valence-electron chi connectivity index (χ0n) is 12.0. The Kier molecular flexibility index (Phi) is 5.17. The van der Waals surface area contributed by atoms with Crippen LogP contribution in [0.1, 0.15) is 24.4 Å². The van der Waals surface area contributed by atoms with E-state index in [2.05, 4.69) is 22.4 Å². The van der Waals surface area contributed by atoms with E-state index in [9.17, 15) is 0 Å². The molecule has 110 valence electrons. The minimum atomic E-state index is -0.0423. The number of ether oxygens (including phenoxy) is 1. The summed E-state index contributed by atoms with van der Waals surface area (Å²) in [5.41, 5.74) is 1.99. The molecule has 2 rings (SSSR count). The average Bonchev–Trinajstić information content (AvgIpc) is 3.01. The van der Waals surface area contributed by atoms with E-state index in [4.69, 9.17) is 16.3 Å². The molecule has 0 saturated heterocycles. The highest BCUT2D eigenvalue weighted by Gasteiger charge is 2.23. The van der Waals surface area contributed by atoms with E-state index in [0.717, 1.165) is 17.9 Å². The fraction of sp³-hybridized carbons (Fsp3) is 0.538. The highest BCUT2D eigenvalue weighted by atomic mass is 35.5. The molecule has 0 aliphatic carbocycles. The molecule has 0 spiro atoms. The number of methoxy groups -OCH3 is 1. The summed E-state index contributed by atoms with van der Waals surface area (Å²) in [4.78, 5) is 0. The molecule has 2 aromatic rings. The van der Waals surface area contributed by atoms with Crippen molar-refractivity contribution in [1.29, 1.82) is 0 Å². The first-order valence-corrected chi connectivity index (χ1v) is 6.98. The molecule has 0 aliphatic rings. The predicted octanol–water partition coefficient (Wildman–Crippen LogP) is 1.62. The average molecular weight is 298 g/mol. The van der Waals surface area contributed by atoms with E-state index in [-0.39, 0.29) is 6.04 Å². The third-order valence-electron chi connectivity index (χ3n) is 3.18. The predicted molar refractivity (Wildman–Crippen MR) is 77.8 cm³/mol. The molecule has 20 heavy (non-hydrogen) atoms. The van der Waals surface area contributed by atoms with Crippen molar-refractivity contribution in [2.45, 2.75) is 19.5 Å². The molecule has 0 radical (unpaired) electrons. The molecule has 7 heteroatoms. The third kappa shape index (κ3) is 3.03. The molecular weight excluding hydrogens is 278 g/mol. The van der Waals surface area contributed by atoms with Crippen molar-refractivity contribution in [2.75, 3.05) is 20.3 Å². The smallest absolute Gasteiger partial charge is 0.0933 e. The van der Waals surface area contributed by atoms with Crippen molar-refractivity contribution >= 4 is 11.6 Å². The third-order valence-corrected chi connectivity index (χ3v) is 3.47. The fourth-order valence-corrected chi connectivity index (χ4v) is 2.48. The Morgan fingerprint density at radius 1 is 1.45 bits per heavy atom. The molecule has 0 aromatic carbocycles. The molecule has 0 bridgehead atoms. The normalized spacial score (nSPS) is 12.8. The SMILES string of the molecule is CCNC(c1ccnn1C)c1c(Cl)cnn1CCOC. The van der Waals surface area contributed by atoms with Gasteiger partial charge in [0.05, 0.1) is 41.8 Å². The Balaban J connectivity index is 2.39. The molecule has 1 unspecified atom stereocenters. The van der Waals surface area contributed by atoms with Crippen LogP contribution in [0.2, 0.25) is 5.02 Å². The number of nitrogens with zero attached hydrogens (tertiary/aromatic N) is 4. The van der Waals surface area contributed by atoms with Gasteiger partial charge >= 0.3 is 0 Å². The van der Waals surface area contributed by atoms with Gasteiger partial charge < -0.3 is 10.1 Å². The minimum Gasteiger partial charge on any atom is -0.383 e. The number of halogens is 1. The summed E-state index contributed by atoms with van der Waals surface area (Å²) in [6, 6.07) is 1.94. The van der Waals surface area contributed by atoms with Gasteiger partial charge in [-0.25, -0.2) is 0 Å². The Morgan fingerprint density at radius 2 is 2.25 bits per heavy atom. The molecule has 6 nitrogen and oxygen atoms in total. The first-order valence-electron chi connectivity index (χ1n) is 6.60. The second-order valence-electron chi connectivity index (χ2n) is 4.46. The van der Waals surface area contributed by atoms with Crippen molar-refractivity contribution in [3.8, 4) is 0 Å². The van der Waals surface area contributed by atoms with Crippen LogP contribution in [0.3, 0.4) is 0 Å². The minimum absolute atomic E-state index is 0.0423. The van der Waals surface area contributed by atoms with Crippen LogP contribution >= 0.6 is 11.6 Å². The first kappa shape index (κ1) is 15.0. The van der Waals surface area contributed by atoms with E-state index < -0.39 is 0 Å². The maximum atomic E-state index is 6.33. The number of rotatable bonds is 7. The summed E-state index contributed by atoms with van der Waals surface area (Å²) in [6.07, 6.45) is 3.46. The van der Waals surface area contributed by atoms with Crippen LogP contribution < -0.4 is 5.32 Å². The lowest BCUT2D eigenvalue weighted by Gasteiger charge is -2.20. The lowest BCUT2D eigenvalue weighted by Crippen LogP contribution is -2.27. The van der Waals surface area contributed by atoms with Gasteiger partial charge in [-0.1, -0.05) is 18.5 Å². The van der Waals surface area contributed by atoms with E-state index >= 15 is 0 Å². The van der Waals surface area contributed by atoms with Crippen molar-refractivity contribution in [3.05, 3.63) is 34.9 Å². The van der Waals surface area contributed by atoms with Gasteiger partial charge in [-0.3, -0.25) is 9.36 Å². The van der Waals surface area contributed by atoms with Gasteiger partial charge in [0.15, 0.2) is 0 Å². The maximum Gasteiger partial charge on any atom is 0.0933 e. The van der Waals surface area contributed by atoms with Crippen LogP contribution in [0.25, 0.3) is 0 Å². The lowest BCUT2D eigenvalue weighted by atomic mass is 10.1. The molecule has 1 N–H and O–H groups in total. The summed E-state index contributed by atoms with van der Waals surface area (Å²) in [5, 5.41) is 12.6. The highest BCUT2D eigenvalue weighted by Crippen LogP contribution is 2.27. The zero-order chi connectivity index (χ0) is 14.5. The van der Waals surface area contributed by atoms with Crippen LogP contribution in [0, 0.1) is 0 Å². The molecule has 0 fully saturated rings. The Labute approximate surface area is 123 Å². The second-order valence-corrected chi connectivity index (χ2v) is 4.87. The van der Waals surface area contributed by atoms with Gasteiger partial charge in [0.2, 0.25) is 0 Å². The zero-order valence-corrected chi connectivity index (χ0v) is 12.8. The molecule has 0 saturated carbocycles. The number of hydrogen-bond donors (Lipinski definition) is 1. The fourth-order valence-electron chi connectivity index (χ4n) is 2.23. The van der Waals surface area contributed by atoms with Crippen LogP contribution in [-0.2, 0) is 18.3 Å². The topological polar surface area (TPSA) is 56.9 Å². The quantitative estimate of drug-likeness (QED) is 0.844. The van der Waals surface area contributed by atoms with Gasteiger partial charge in [0.1, 0.15) is 0 Å². The van der Waals surface area contributed by atoms with E-state index in [1.54, 1.807) is 19.5 Å². The highest BCUT2D eigenvalue weighted by molar-refractivity contribution is 6.31. The van der Waals surface area contributed by atoms with Crippen molar-refractivity contribution in [1.82, 2.24) is 24.9 Å². The molecule has 2 heterocycles. The van der Waals surface area contributed by atoms with Crippen LogP contribution in [0.5, 0.6) is 0 Å². The molecule has 2 aromatic heterocycles. The monoisotopic (exact) mass is 297 g/mol. The Morgan fingerprint density at radius 3 is 2.85 bits per heavy atom. The van der Waals surface area contributed by atoms with Gasteiger partial charge in [0.25, 0.3) is 0 Å². The number of nitrogens with one attached hydrogen (secondary N) is 1. The Bertz CT molecular complexity index is 551. The van der Waals surface area contributed by atoms with Gasteiger partial charge in [-0.2, -0.15) is 10.2 Å². The first-order chi connectivity index (χ1) is 9.69. The maximum absolute atomic E-state index is 6.33. The molecule has 0 aliphatic heterocycles. The van der Waals surface area contributed by atoms with Crippen LogP contribution in [0.15, 0.2) is 18.5 Å². The molecular formula is C13H20ClN5O. The van der Waals surface area contributed by atoms with Crippen molar-refractivity contribution in [2.24, 2.45) is 7.05 Å². The summed E-state index contributed by atoms with van der Waals surface area (Å²) >= 11 is 6.33. The second kappa shape index (κ2) is 6.88. The van der Waals surface area contributed by atoms with E-state index in [1.807, 2.05) is 22.5 Å². The Hall–Kier alpha value is -1.37. The summed E-state index contributed by atoms with van der Waals surface area (Å²) in [5.74, 6) is 0. The lowest BCUT2D eigenvalue weighted by molar-refractivity contribution is 0.182. The number of aromatic nitrogens is 4. The summed E-state index contributed by atoms with van der Waals surface area (Å²) in [7, 11) is 3.59. The number of hydrogen-bond acceptors (Lipinski definition) is 4. The molecule has 0 amide bonds. The van der Waals surface area contributed by atoms with E-state index in [0.29, 0.717) is 18.2 Å². The molecule has 1 atom stereocenters. The van der Waals surface area contributed by atoms with Gasteiger partial charge in [-0.05, 0) is 12.6 Å². The van der Waals surface area contributed by atoms with E-state index in [1.165, 1.54) is 0 Å². The van der Waals surface area contributed by atoms with Crippen LogP contribution in [-0.4, -0.2) is 39.8 Å².